The number of aldehydes is 1. The second-order valence-corrected chi connectivity index (χ2v) is 3.78. The maximum absolute atomic E-state index is 10.9. The van der Waals surface area contributed by atoms with Crippen molar-refractivity contribution >= 4 is 49.8 Å². The maximum atomic E-state index is 10.9. The molecule has 0 heterocycles. The Balaban J connectivity index is 0. The molecule has 0 aromatic rings. The minimum absolute atomic E-state index is 0. The summed E-state index contributed by atoms with van der Waals surface area (Å²) in [6.45, 7) is 2.21. The molecule has 0 aromatic carbocycles. The summed E-state index contributed by atoms with van der Waals surface area (Å²) in [7, 11) is 0. The van der Waals surface area contributed by atoms with Crippen molar-refractivity contribution in [3.8, 4) is 0 Å². The van der Waals surface area contributed by atoms with Crippen molar-refractivity contribution in [1.29, 1.82) is 0 Å². The molecule has 84 valence electrons. The Labute approximate surface area is 123 Å². The number of carbonyl (C=O) groups excluding carboxylic acids is 2. The zero-order valence-corrected chi connectivity index (χ0v) is 12.2. The molecule has 0 saturated carbocycles. The van der Waals surface area contributed by atoms with Crippen LogP contribution in [0.2, 0.25) is 0 Å². The summed E-state index contributed by atoms with van der Waals surface area (Å²) in [5.74, 6) is 0.0913. The molecule has 15 heavy (non-hydrogen) atoms. The minimum Gasteiger partial charge on any atom is -0.303 e. The largest absolute Gasteiger partial charge is 0.303 e. The smallest absolute Gasteiger partial charge is 0.139 e. The monoisotopic (exact) mass is 238 g/mol. The Morgan fingerprint density at radius 1 is 1.00 bits per heavy atom. The van der Waals surface area contributed by atoms with Crippen LogP contribution in [0.15, 0.2) is 0 Å². The Bertz CT molecular complexity index is 158. The molecule has 0 saturated heterocycles. The number of unbranched alkanes of at least 4 members (excludes halogenated alkanes) is 6. The first-order chi connectivity index (χ1) is 6.81. The first-order valence-corrected chi connectivity index (χ1v) is 5.76. The van der Waals surface area contributed by atoms with Gasteiger partial charge in [0.05, 0.1) is 6.42 Å². The van der Waals surface area contributed by atoms with Crippen LogP contribution in [0.4, 0.5) is 0 Å². The third-order valence-corrected chi connectivity index (χ3v) is 2.37. The molecule has 2 radical (unpaired) electrons. The van der Waals surface area contributed by atoms with Gasteiger partial charge in [-0.25, -0.2) is 0 Å². The van der Waals surface area contributed by atoms with Crippen LogP contribution in [0, 0.1) is 0 Å². The van der Waals surface area contributed by atoms with Crippen LogP contribution in [-0.2, 0) is 9.59 Å². The summed E-state index contributed by atoms with van der Waals surface area (Å²) in [6, 6.07) is 0. The SMILES string of the molecule is CCCCCCCCCC(=O)CC=O.[Ca]. The number of hydrogen-bond donors (Lipinski definition) is 0. The van der Waals surface area contributed by atoms with Crippen molar-refractivity contribution in [2.24, 2.45) is 0 Å². The Morgan fingerprint density at radius 2 is 1.53 bits per heavy atom. The van der Waals surface area contributed by atoms with E-state index in [2.05, 4.69) is 6.92 Å². The Morgan fingerprint density at radius 3 is 2.07 bits per heavy atom. The number of ketones is 1. The van der Waals surface area contributed by atoms with Gasteiger partial charge in [-0.15, -0.1) is 0 Å². The van der Waals surface area contributed by atoms with E-state index >= 15 is 0 Å². The second kappa shape index (κ2) is 14.6. The van der Waals surface area contributed by atoms with Crippen LogP contribution in [0.5, 0.6) is 0 Å². The van der Waals surface area contributed by atoms with Gasteiger partial charge in [-0.1, -0.05) is 45.4 Å². The van der Waals surface area contributed by atoms with Gasteiger partial charge in [0.2, 0.25) is 0 Å². The molecule has 0 amide bonds. The molecule has 0 spiro atoms. The summed E-state index contributed by atoms with van der Waals surface area (Å²) in [5, 5.41) is 0. The van der Waals surface area contributed by atoms with E-state index in [1.165, 1.54) is 32.1 Å². The fourth-order valence-electron chi connectivity index (χ4n) is 1.47. The standard InChI is InChI=1S/C12H22O2.Ca/c1-2-3-4-5-6-7-8-9-12(14)10-11-13;/h11H,2-10H2,1H3;. The van der Waals surface area contributed by atoms with E-state index in [1.807, 2.05) is 0 Å². The van der Waals surface area contributed by atoms with Crippen LogP contribution in [-0.4, -0.2) is 49.8 Å². The molecule has 0 aliphatic rings. The van der Waals surface area contributed by atoms with E-state index in [-0.39, 0.29) is 49.9 Å². The summed E-state index contributed by atoms with van der Waals surface area (Å²) in [4.78, 5) is 20.9. The molecular formula is C12H22CaO2. The van der Waals surface area contributed by atoms with Crippen LogP contribution in [0.25, 0.3) is 0 Å². The second-order valence-electron chi connectivity index (χ2n) is 3.78. The first kappa shape index (κ1) is 18.0. The van der Waals surface area contributed by atoms with Gasteiger partial charge in [-0.05, 0) is 6.42 Å². The fraction of sp³-hybridized carbons (Fsp3) is 0.833. The zero-order chi connectivity index (χ0) is 10.6. The van der Waals surface area contributed by atoms with E-state index < -0.39 is 0 Å². The van der Waals surface area contributed by atoms with Crippen molar-refractivity contribution in [3.63, 3.8) is 0 Å². The molecule has 0 atom stereocenters. The molecule has 0 unspecified atom stereocenters. The van der Waals surface area contributed by atoms with Gasteiger partial charge in [0.1, 0.15) is 12.1 Å². The van der Waals surface area contributed by atoms with Crippen molar-refractivity contribution in [2.45, 2.75) is 64.7 Å². The third kappa shape index (κ3) is 14.6. The van der Waals surface area contributed by atoms with Gasteiger partial charge in [-0.3, -0.25) is 4.79 Å². The van der Waals surface area contributed by atoms with Gasteiger partial charge in [0.15, 0.2) is 0 Å². The van der Waals surface area contributed by atoms with Gasteiger partial charge < -0.3 is 4.79 Å². The van der Waals surface area contributed by atoms with E-state index in [0.717, 1.165) is 12.8 Å². The van der Waals surface area contributed by atoms with Gasteiger partial charge in [0, 0.05) is 44.2 Å². The van der Waals surface area contributed by atoms with Crippen molar-refractivity contribution < 1.29 is 9.59 Å². The topological polar surface area (TPSA) is 34.1 Å². The molecule has 0 aliphatic carbocycles. The van der Waals surface area contributed by atoms with Crippen molar-refractivity contribution in [1.82, 2.24) is 0 Å². The number of hydrogen-bond acceptors (Lipinski definition) is 2. The molecular weight excluding hydrogens is 216 g/mol. The molecule has 2 nitrogen and oxygen atoms in total. The fourth-order valence-corrected chi connectivity index (χ4v) is 1.47. The summed E-state index contributed by atoms with van der Waals surface area (Å²) >= 11 is 0. The normalized spacial score (nSPS) is 9.40. The summed E-state index contributed by atoms with van der Waals surface area (Å²) < 4.78 is 0. The quantitative estimate of drug-likeness (QED) is 0.254. The molecule has 3 heteroatoms. The summed E-state index contributed by atoms with van der Waals surface area (Å²) in [5.41, 5.74) is 0. The maximum Gasteiger partial charge on any atom is 0.139 e. The van der Waals surface area contributed by atoms with Crippen LogP contribution < -0.4 is 0 Å². The average molecular weight is 238 g/mol. The van der Waals surface area contributed by atoms with Crippen LogP contribution in [0.1, 0.15) is 64.7 Å². The third-order valence-electron chi connectivity index (χ3n) is 2.37. The molecule has 0 N–H and O–H groups in total. The molecule has 0 rings (SSSR count). The van der Waals surface area contributed by atoms with Crippen molar-refractivity contribution in [2.75, 3.05) is 0 Å². The molecule has 0 aromatic heterocycles. The number of carbonyl (C=O) groups is 2. The van der Waals surface area contributed by atoms with E-state index in [9.17, 15) is 9.59 Å². The predicted octanol–water partition coefficient (Wildman–Crippen LogP) is 2.90. The summed E-state index contributed by atoms with van der Waals surface area (Å²) in [6.07, 6.45) is 9.92. The minimum atomic E-state index is 0. The van der Waals surface area contributed by atoms with E-state index in [1.54, 1.807) is 0 Å². The van der Waals surface area contributed by atoms with Crippen molar-refractivity contribution in [3.05, 3.63) is 0 Å². The predicted molar refractivity (Wildman–Crippen MR) is 64.1 cm³/mol. The zero-order valence-electron chi connectivity index (χ0n) is 9.96. The first-order valence-electron chi connectivity index (χ1n) is 5.76. The number of Topliss-reactive ketones (excluding diaryl/α,β-unsaturated/α-hetero) is 1. The van der Waals surface area contributed by atoms with Crippen LogP contribution in [0.3, 0.4) is 0 Å². The number of rotatable bonds is 10. The van der Waals surface area contributed by atoms with E-state index in [0.29, 0.717) is 12.7 Å². The van der Waals surface area contributed by atoms with Crippen LogP contribution >= 0.6 is 0 Å². The molecule has 0 bridgehead atoms. The molecule has 0 fully saturated rings. The van der Waals surface area contributed by atoms with Gasteiger partial charge in [0.25, 0.3) is 0 Å². The van der Waals surface area contributed by atoms with E-state index in [4.69, 9.17) is 0 Å². The Kier molecular flexibility index (Phi) is 17.5. The average Bonchev–Trinajstić information content (AvgIpc) is 2.17. The Hall–Kier alpha value is 0.600. The molecule has 0 aliphatic heterocycles. The van der Waals surface area contributed by atoms with Gasteiger partial charge in [-0.2, -0.15) is 0 Å². The van der Waals surface area contributed by atoms with Gasteiger partial charge >= 0.3 is 0 Å².